The summed E-state index contributed by atoms with van der Waals surface area (Å²) in [6, 6.07) is 9.88. The average Bonchev–Trinajstić information content (AvgIpc) is 3.21. The predicted molar refractivity (Wildman–Crippen MR) is 100 cm³/mol. The van der Waals surface area contributed by atoms with Crippen LogP contribution in [0.4, 0.5) is 4.39 Å². The molecule has 1 aromatic carbocycles. The summed E-state index contributed by atoms with van der Waals surface area (Å²) in [6.45, 7) is 0. The molecule has 1 saturated carbocycles. The molecule has 0 atom stereocenters. The Bertz CT molecular complexity index is 921. The van der Waals surface area contributed by atoms with Gasteiger partial charge in [-0.1, -0.05) is 0 Å². The highest BCUT2D eigenvalue weighted by molar-refractivity contribution is 5.93. The molecule has 1 fully saturated rings. The summed E-state index contributed by atoms with van der Waals surface area (Å²) in [4.78, 5) is 20.6. The number of carbonyl (C=O) groups is 1. The fourth-order valence-corrected chi connectivity index (χ4v) is 3.29. The maximum absolute atomic E-state index is 13.0. The molecule has 0 saturated heterocycles. The van der Waals surface area contributed by atoms with Gasteiger partial charge in [0.2, 0.25) is 0 Å². The number of benzene rings is 1. The third kappa shape index (κ3) is 4.33. The minimum atomic E-state index is -0.310. The van der Waals surface area contributed by atoms with E-state index < -0.39 is 0 Å². The number of halogens is 1. The lowest BCUT2D eigenvalue weighted by atomic mass is 9.93. The Morgan fingerprint density at radius 2 is 1.82 bits per heavy atom. The van der Waals surface area contributed by atoms with Crippen LogP contribution in [0.15, 0.2) is 48.8 Å². The number of rotatable bonds is 5. The van der Waals surface area contributed by atoms with Gasteiger partial charge in [0.05, 0.1) is 5.69 Å². The highest BCUT2D eigenvalue weighted by Gasteiger charge is 2.25. The summed E-state index contributed by atoms with van der Waals surface area (Å²) in [5.41, 5.74) is 1.73. The highest BCUT2D eigenvalue weighted by atomic mass is 19.1. The smallest absolute Gasteiger partial charge is 0.316 e. The summed E-state index contributed by atoms with van der Waals surface area (Å²) < 4.78 is 18.8. The van der Waals surface area contributed by atoms with Gasteiger partial charge in [-0.15, -0.1) is 0 Å². The molecule has 3 aromatic rings. The molecule has 8 heteroatoms. The first kappa shape index (κ1) is 18.1. The molecule has 1 aliphatic carbocycles. The number of nitrogens with one attached hydrogen (secondary N) is 2. The van der Waals surface area contributed by atoms with Crippen molar-refractivity contribution in [2.45, 2.75) is 37.8 Å². The van der Waals surface area contributed by atoms with Gasteiger partial charge in [0.15, 0.2) is 0 Å². The molecule has 1 aliphatic rings. The minimum Gasteiger partial charge on any atom is -0.460 e. The van der Waals surface area contributed by atoms with Crippen molar-refractivity contribution in [3.8, 4) is 17.3 Å². The Hall–Kier alpha value is -3.29. The lowest BCUT2D eigenvalue weighted by Gasteiger charge is -2.28. The zero-order valence-electron chi connectivity index (χ0n) is 15.1. The van der Waals surface area contributed by atoms with E-state index in [1.54, 1.807) is 36.7 Å². The lowest BCUT2D eigenvalue weighted by molar-refractivity contribution is 0.0880. The van der Waals surface area contributed by atoms with Crippen molar-refractivity contribution in [3.05, 3.63) is 60.3 Å². The molecule has 7 nitrogen and oxygen atoms in total. The van der Waals surface area contributed by atoms with Gasteiger partial charge in [-0.25, -0.2) is 14.4 Å². The van der Waals surface area contributed by atoms with Gasteiger partial charge in [-0.3, -0.25) is 9.89 Å². The molecular weight excluding hydrogens is 361 g/mol. The third-order valence-corrected chi connectivity index (χ3v) is 4.79. The van der Waals surface area contributed by atoms with E-state index in [-0.39, 0.29) is 23.9 Å². The second-order valence-corrected chi connectivity index (χ2v) is 6.77. The molecule has 4 rings (SSSR count). The van der Waals surface area contributed by atoms with E-state index in [1.807, 2.05) is 0 Å². The number of aromatic amines is 1. The number of amides is 1. The van der Waals surface area contributed by atoms with Crippen molar-refractivity contribution in [1.82, 2.24) is 25.5 Å². The van der Waals surface area contributed by atoms with E-state index in [2.05, 4.69) is 25.5 Å². The Morgan fingerprint density at radius 1 is 1.11 bits per heavy atom. The van der Waals surface area contributed by atoms with Crippen molar-refractivity contribution in [1.29, 1.82) is 0 Å². The molecule has 2 aromatic heterocycles. The maximum Gasteiger partial charge on any atom is 0.316 e. The maximum atomic E-state index is 13.0. The van der Waals surface area contributed by atoms with Gasteiger partial charge < -0.3 is 10.1 Å². The second kappa shape index (κ2) is 8.16. The summed E-state index contributed by atoms with van der Waals surface area (Å²) >= 11 is 0. The molecule has 0 unspecified atom stereocenters. The second-order valence-electron chi connectivity index (χ2n) is 6.77. The van der Waals surface area contributed by atoms with Crippen molar-refractivity contribution >= 4 is 5.91 Å². The fourth-order valence-electron chi connectivity index (χ4n) is 3.29. The van der Waals surface area contributed by atoms with Gasteiger partial charge in [0.1, 0.15) is 17.6 Å². The number of nitrogens with zero attached hydrogens (tertiary/aromatic N) is 3. The molecule has 2 N–H and O–H groups in total. The number of hydrogen-bond acceptors (Lipinski definition) is 5. The van der Waals surface area contributed by atoms with E-state index in [0.717, 1.165) is 31.2 Å². The monoisotopic (exact) mass is 381 g/mol. The minimum absolute atomic E-state index is 0.0628. The van der Waals surface area contributed by atoms with Crippen LogP contribution in [0, 0.1) is 5.82 Å². The quantitative estimate of drug-likeness (QED) is 0.708. The van der Waals surface area contributed by atoms with Crippen LogP contribution in [0.1, 0.15) is 36.2 Å². The Kier molecular flexibility index (Phi) is 5.27. The third-order valence-electron chi connectivity index (χ3n) is 4.79. The van der Waals surface area contributed by atoms with Crippen molar-refractivity contribution < 1.29 is 13.9 Å². The van der Waals surface area contributed by atoms with Crippen molar-refractivity contribution in [2.24, 2.45) is 0 Å². The van der Waals surface area contributed by atoms with Crippen LogP contribution >= 0.6 is 0 Å². The number of ether oxygens (including phenoxy) is 1. The summed E-state index contributed by atoms with van der Waals surface area (Å²) in [6.07, 6.45) is 6.66. The number of hydrogen-bond donors (Lipinski definition) is 2. The Labute approximate surface area is 161 Å². The Morgan fingerprint density at radius 3 is 2.54 bits per heavy atom. The van der Waals surface area contributed by atoms with Crippen LogP contribution in [0.25, 0.3) is 11.3 Å². The summed E-state index contributed by atoms with van der Waals surface area (Å²) in [5.74, 6) is -0.507. The molecule has 0 spiro atoms. The molecule has 0 aliphatic heterocycles. The predicted octanol–water partition coefficient (Wildman–Crippen LogP) is 3.13. The van der Waals surface area contributed by atoms with Gasteiger partial charge in [-0.2, -0.15) is 5.10 Å². The van der Waals surface area contributed by atoms with E-state index in [1.165, 1.54) is 12.1 Å². The van der Waals surface area contributed by atoms with E-state index in [0.29, 0.717) is 17.4 Å². The molecule has 0 bridgehead atoms. The number of H-pyrrole nitrogens is 1. The topological polar surface area (TPSA) is 92.8 Å². The summed E-state index contributed by atoms with van der Waals surface area (Å²) in [7, 11) is 0. The van der Waals surface area contributed by atoms with Gasteiger partial charge in [0, 0.05) is 24.0 Å². The van der Waals surface area contributed by atoms with Crippen LogP contribution < -0.4 is 10.1 Å². The molecule has 0 radical (unpaired) electrons. The zero-order chi connectivity index (χ0) is 19.3. The zero-order valence-corrected chi connectivity index (χ0v) is 15.1. The van der Waals surface area contributed by atoms with Crippen LogP contribution in [-0.2, 0) is 0 Å². The van der Waals surface area contributed by atoms with Gasteiger partial charge in [0.25, 0.3) is 5.91 Å². The van der Waals surface area contributed by atoms with Crippen molar-refractivity contribution in [2.75, 3.05) is 0 Å². The first-order chi connectivity index (χ1) is 13.7. The first-order valence-electron chi connectivity index (χ1n) is 9.23. The number of carbonyl (C=O) groups excluding carboxylic acids is 1. The molecule has 144 valence electrons. The highest BCUT2D eigenvalue weighted by Crippen LogP contribution is 2.23. The van der Waals surface area contributed by atoms with Crippen LogP contribution in [-0.4, -0.2) is 38.2 Å². The Balaban J connectivity index is 1.29. The average molecular weight is 381 g/mol. The van der Waals surface area contributed by atoms with Gasteiger partial charge in [-0.05, 0) is 62.1 Å². The van der Waals surface area contributed by atoms with Gasteiger partial charge >= 0.3 is 6.01 Å². The summed E-state index contributed by atoms with van der Waals surface area (Å²) in [5, 5.41) is 9.94. The van der Waals surface area contributed by atoms with Crippen LogP contribution in [0.2, 0.25) is 0 Å². The first-order valence-corrected chi connectivity index (χ1v) is 9.23. The van der Waals surface area contributed by atoms with E-state index in [9.17, 15) is 9.18 Å². The molecule has 28 heavy (non-hydrogen) atoms. The number of aromatic nitrogens is 4. The van der Waals surface area contributed by atoms with Crippen LogP contribution in [0.5, 0.6) is 6.01 Å². The normalized spacial score (nSPS) is 19.2. The largest absolute Gasteiger partial charge is 0.460 e. The molecular formula is C20H20FN5O2. The molecule has 2 heterocycles. The van der Waals surface area contributed by atoms with Crippen LogP contribution in [0.3, 0.4) is 0 Å². The van der Waals surface area contributed by atoms with Crippen molar-refractivity contribution in [3.63, 3.8) is 0 Å². The fraction of sp³-hybridized carbons (Fsp3) is 0.300. The van der Waals surface area contributed by atoms with E-state index >= 15 is 0 Å². The van der Waals surface area contributed by atoms with E-state index in [4.69, 9.17) is 4.74 Å². The molecule has 1 amide bonds. The SMILES string of the molecule is O=C(NC1CCC(Oc2ncccn2)CC1)c1cc(-c2ccc(F)cc2)n[nH]1. The lowest BCUT2D eigenvalue weighted by Crippen LogP contribution is -2.40. The standard InChI is InChI=1S/C20H20FN5O2/c21-14-4-2-13(3-5-14)17-12-18(26-25-17)19(27)24-15-6-8-16(9-7-15)28-20-22-10-1-11-23-20/h1-5,10-12,15-16H,6-9H2,(H,24,27)(H,25,26).